The number of carbonyl (C=O) groups excluding carboxylic acids is 1. The molecule has 0 aliphatic carbocycles. The van der Waals surface area contributed by atoms with Gasteiger partial charge in [-0.15, -0.1) is 0 Å². The molecule has 2 rings (SSSR count). The highest BCUT2D eigenvalue weighted by Gasteiger charge is 2.35. The minimum absolute atomic E-state index is 0.0735. The van der Waals surface area contributed by atoms with Gasteiger partial charge in [0.2, 0.25) is 0 Å². The lowest BCUT2D eigenvalue weighted by Gasteiger charge is -2.16. The minimum Gasteiger partial charge on any atom is -0.346 e. The normalized spacial score (nSPS) is 11.6. The number of aromatic nitrogens is 1. The van der Waals surface area contributed by atoms with Gasteiger partial charge in [-0.3, -0.25) is 4.79 Å². The molecule has 23 heavy (non-hydrogen) atoms. The van der Waals surface area contributed by atoms with E-state index in [0.717, 1.165) is 6.07 Å². The van der Waals surface area contributed by atoms with Gasteiger partial charge < -0.3 is 9.88 Å². The van der Waals surface area contributed by atoms with E-state index in [1.807, 2.05) is 6.92 Å². The van der Waals surface area contributed by atoms with Crippen LogP contribution in [0.3, 0.4) is 0 Å². The van der Waals surface area contributed by atoms with Crippen molar-refractivity contribution in [3.8, 4) is 11.1 Å². The Hall–Kier alpha value is -1.95. The average molecular weight is 345 g/mol. The van der Waals surface area contributed by atoms with Crippen molar-refractivity contribution < 1.29 is 18.0 Å². The molecule has 1 aromatic heterocycles. The zero-order valence-corrected chi connectivity index (χ0v) is 13.4. The monoisotopic (exact) mass is 344 g/mol. The molecule has 1 aromatic carbocycles. The van der Waals surface area contributed by atoms with Gasteiger partial charge in [-0.1, -0.05) is 30.7 Å². The Labute approximate surface area is 137 Å². The molecule has 0 fully saturated rings. The van der Waals surface area contributed by atoms with E-state index < -0.39 is 17.8 Å². The maximum atomic E-state index is 13.0. The number of alkyl halides is 3. The smallest absolute Gasteiger partial charge is 0.346 e. The molecule has 0 radical (unpaired) electrons. The van der Waals surface area contributed by atoms with Gasteiger partial charge in [0.15, 0.2) is 0 Å². The number of aromatic amines is 1. The van der Waals surface area contributed by atoms with Crippen LogP contribution in [0, 0.1) is 0 Å². The Balaban J connectivity index is 2.53. The molecule has 0 atom stereocenters. The number of H-pyrrole nitrogens is 1. The highest BCUT2D eigenvalue weighted by molar-refractivity contribution is 6.30. The highest BCUT2D eigenvalue weighted by Crippen LogP contribution is 2.34. The first-order valence-electron chi connectivity index (χ1n) is 7.05. The van der Waals surface area contributed by atoms with Gasteiger partial charge in [0.1, 0.15) is 11.4 Å². The third kappa shape index (κ3) is 3.88. The lowest BCUT2D eigenvalue weighted by Crippen LogP contribution is -2.28. The summed E-state index contributed by atoms with van der Waals surface area (Å²) in [6.45, 7) is 2.35. The molecule has 1 N–H and O–H groups in total. The number of benzene rings is 1. The van der Waals surface area contributed by atoms with E-state index in [1.165, 1.54) is 4.90 Å². The summed E-state index contributed by atoms with van der Waals surface area (Å²) < 4.78 is 39.0. The molecule has 2 aromatic rings. The number of amides is 1. The number of nitrogens with one attached hydrogen (secondary N) is 1. The third-order valence-corrected chi connectivity index (χ3v) is 3.65. The largest absolute Gasteiger partial charge is 0.431 e. The molecule has 124 valence electrons. The summed E-state index contributed by atoms with van der Waals surface area (Å²) in [4.78, 5) is 16.1. The number of hydrogen-bond acceptors (Lipinski definition) is 1. The second-order valence-electron chi connectivity index (χ2n) is 5.20. The van der Waals surface area contributed by atoms with Crippen molar-refractivity contribution in [1.82, 2.24) is 9.88 Å². The summed E-state index contributed by atoms with van der Waals surface area (Å²) >= 11 is 5.81. The van der Waals surface area contributed by atoms with Crippen molar-refractivity contribution in [2.45, 2.75) is 19.5 Å². The number of carbonyl (C=O) groups is 1. The van der Waals surface area contributed by atoms with Crippen LogP contribution in [0.5, 0.6) is 0 Å². The molecule has 0 aliphatic heterocycles. The third-order valence-electron chi connectivity index (χ3n) is 3.40. The first-order chi connectivity index (χ1) is 10.7. The zero-order valence-electron chi connectivity index (χ0n) is 12.7. The fourth-order valence-electron chi connectivity index (χ4n) is 2.26. The first-order valence-corrected chi connectivity index (χ1v) is 7.43. The zero-order chi connectivity index (χ0) is 17.2. The molecule has 0 unspecified atom stereocenters. The first kappa shape index (κ1) is 17.4. The minimum atomic E-state index is -4.55. The van der Waals surface area contributed by atoms with Crippen LogP contribution in [0.25, 0.3) is 11.1 Å². The predicted molar refractivity (Wildman–Crippen MR) is 83.5 cm³/mol. The summed E-state index contributed by atoms with van der Waals surface area (Å²) in [7, 11) is 1.56. The van der Waals surface area contributed by atoms with Crippen LogP contribution < -0.4 is 0 Å². The number of hydrogen-bond donors (Lipinski definition) is 1. The van der Waals surface area contributed by atoms with Gasteiger partial charge in [-0.05, 0) is 30.2 Å². The van der Waals surface area contributed by atoms with Gasteiger partial charge in [-0.2, -0.15) is 13.2 Å². The van der Waals surface area contributed by atoms with Gasteiger partial charge in [-0.25, -0.2) is 0 Å². The summed E-state index contributed by atoms with van der Waals surface area (Å²) in [6.07, 6.45) is -3.84. The predicted octanol–water partition coefficient (Wildman–Crippen LogP) is 4.84. The van der Waals surface area contributed by atoms with Gasteiger partial charge in [0.25, 0.3) is 5.91 Å². The average Bonchev–Trinajstić information content (AvgIpc) is 2.92. The van der Waals surface area contributed by atoms with Crippen LogP contribution in [0.2, 0.25) is 5.02 Å². The topological polar surface area (TPSA) is 36.1 Å². The lowest BCUT2D eigenvalue weighted by molar-refractivity contribution is -0.140. The van der Waals surface area contributed by atoms with Crippen LogP contribution in [-0.4, -0.2) is 29.4 Å². The van der Waals surface area contributed by atoms with Crippen molar-refractivity contribution in [2.24, 2.45) is 0 Å². The molecule has 1 amide bonds. The molecular formula is C16H16ClF3N2O. The molecule has 0 bridgehead atoms. The van der Waals surface area contributed by atoms with Crippen molar-refractivity contribution in [1.29, 1.82) is 0 Å². The molecule has 3 nitrogen and oxygen atoms in total. The molecule has 1 heterocycles. The summed E-state index contributed by atoms with van der Waals surface area (Å²) in [5.74, 6) is -0.479. The Kier molecular flexibility index (Phi) is 5.04. The van der Waals surface area contributed by atoms with Crippen molar-refractivity contribution in [3.63, 3.8) is 0 Å². The fraction of sp³-hybridized carbons (Fsp3) is 0.312. The Morgan fingerprint density at radius 2 is 1.87 bits per heavy atom. The van der Waals surface area contributed by atoms with Gasteiger partial charge in [0.05, 0.1) is 0 Å². The highest BCUT2D eigenvalue weighted by atomic mass is 35.5. The molecule has 0 saturated carbocycles. The van der Waals surface area contributed by atoms with Gasteiger partial charge in [0, 0.05) is 24.2 Å². The van der Waals surface area contributed by atoms with E-state index in [-0.39, 0.29) is 11.3 Å². The summed E-state index contributed by atoms with van der Waals surface area (Å²) in [6, 6.07) is 7.27. The Morgan fingerprint density at radius 3 is 2.39 bits per heavy atom. The van der Waals surface area contributed by atoms with Gasteiger partial charge >= 0.3 is 6.18 Å². The molecule has 0 saturated heterocycles. The van der Waals surface area contributed by atoms with E-state index in [4.69, 9.17) is 11.6 Å². The second kappa shape index (κ2) is 6.66. The van der Waals surface area contributed by atoms with E-state index in [1.54, 1.807) is 31.3 Å². The van der Waals surface area contributed by atoms with E-state index in [9.17, 15) is 18.0 Å². The maximum Gasteiger partial charge on any atom is 0.431 e. The SMILES string of the molecule is CCCN(C)C(=O)c1[nH]c(C(F)(F)F)cc1-c1ccc(Cl)cc1. The summed E-state index contributed by atoms with van der Waals surface area (Å²) in [5.41, 5.74) is -0.317. The van der Waals surface area contributed by atoms with Crippen LogP contribution in [0.1, 0.15) is 29.5 Å². The molecule has 0 aliphatic rings. The van der Waals surface area contributed by atoms with Crippen LogP contribution >= 0.6 is 11.6 Å². The van der Waals surface area contributed by atoms with Crippen LogP contribution in [0.15, 0.2) is 30.3 Å². The van der Waals surface area contributed by atoms with E-state index in [2.05, 4.69) is 4.98 Å². The number of nitrogens with zero attached hydrogens (tertiary/aromatic N) is 1. The van der Waals surface area contributed by atoms with Crippen molar-refractivity contribution in [2.75, 3.05) is 13.6 Å². The molecule has 0 spiro atoms. The molecule has 7 heteroatoms. The van der Waals surface area contributed by atoms with Crippen LogP contribution in [0.4, 0.5) is 13.2 Å². The number of rotatable bonds is 4. The second-order valence-corrected chi connectivity index (χ2v) is 5.64. The standard InChI is InChI=1S/C16H16ClF3N2O/c1-3-8-22(2)15(23)14-12(9-13(21-14)16(18,19)20)10-4-6-11(17)7-5-10/h4-7,9,21H,3,8H2,1-2H3. The maximum absolute atomic E-state index is 13.0. The van der Waals surface area contributed by atoms with Crippen molar-refractivity contribution in [3.05, 3.63) is 46.7 Å². The number of halogens is 4. The Morgan fingerprint density at radius 1 is 1.26 bits per heavy atom. The van der Waals surface area contributed by atoms with Crippen molar-refractivity contribution >= 4 is 17.5 Å². The fourth-order valence-corrected chi connectivity index (χ4v) is 2.39. The van der Waals surface area contributed by atoms with E-state index >= 15 is 0 Å². The molecular weight excluding hydrogens is 329 g/mol. The lowest BCUT2D eigenvalue weighted by atomic mass is 10.1. The Bertz CT molecular complexity index is 692. The summed E-state index contributed by atoms with van der Waals surface area (Å²) in [5, 5.41) is 0.469. The van der Waals surface area contributed by atoms with Crippen LogP contribution in [-0.2, 0) is 6.18 Å². The quantitative estimate of drug-likeness (QED) is 0.846. The van der Waals surface area contributed by atoms with E-state index in [0.29, 0.717) is 23.6 Å².